The Labute approximate surface area is 180 Å². The van der Waals surface area contributed by atoms with Gasteiger partial charge in [0.25, 0.3) is 0 Å². The first kappa shape index (κ1) is 20.1. The average Bonchev–Trinajstić information content (AvgIpc) is 2.81. The molecule has 4 rings (SSSR count). The third-order valence-corrected chi connectivity index (χ3v) is 4.83. The fourth-order valence-electron chi connectivity index (χ4n) is 3.18. The summed E-state index contributed by atoms with van der Waals surface area (Å²) in [7, 11) is 0. The molecule has 6 nitrogen and oxygen atoms in total. The molecule has 1 N–H and O–H groups in total. The Morgan fingerprint density at radius 3 is 2.29 bits per heavy atom. The van der Waals surface area contributed by atoms with Crippen LogP contribution >= 0.6 is 0 Å². The molecule has 0 aliphatic heterocycles. The highest BCUT2D eigenvalue weighted by atomic mass is 16.3. The van der Waals surface area contributed by atoms with Gasteiger partial charge in [-0.05, 0) is 29.8 Å². The van der Waals surface area contributed by atoms with Gasteiger partial charge >= 0.3 is 0 Å². The molecule has 0 aliphatic rings. The lowest BCUT2D eigenvalue weighted by Gasteiger charge is -2.12. The first-order valence-electron chi connectivity index (χ1n) is 9.84. The van der Waals surface area contributed by atoms with E-state index in [9.17, 15) is 9.70 Å². The molecule has 0 bridgehead atoms. The summed E-state index contributed by atoms with van der Waals surface area (Å²) >= 11 is 0. The molecule has 152 valence electrons. The van der Waals surface area contributed by atoms with Crippen LogP contribution in [0.5, 0.6) is 0 Å². The van der Waals surface area contributed by atoms with Crippen LogP contribution in [-0.4, -0.2) is 15.9 Å². The van der Waals surface area contributed by atoms with E-state index in [2.05, 4.69) is 15.5 Å². The van der Waals surface area contributed by atoms with E-state index < -0.39 is 0 Å². The van der Waals surface area contributed by atoms with Crippen LogP contribution in [0.25, 0.3) is 22.5 Å². The predicted octanol–water partition coefficient (Wildman–Crippen LogP) is 5.70. The van der Waals surface area contributed by atoms with Crippen LogP contribution < -0.4 is 5.32 Å². The minimum atomic E-state index is -0.163. The third-order valence-electron chi connectivity index (χ3n) is 4.83. The zero-order chi connectivity index (χ0) is 21.6. The fraction of sp³-hybridized carbons (Fsp3) is 0.0800. The highest BCUT2D eigenvalue weighted by Gasteiger charge is 2.14. The van der Waals surface area contributed by atoms with E-state index in [1.807, 2.05) is 61.5 Å². The standard InChI is InChI=1S/C25H20N4O2/c1-17-7-9-18(10-8-17)15-23(30)28-25-24(20-5-3-2-4-6-20)27-22(16-26-25)19-11-13-21(29-31)14-12-19/h2-14,16H,15H2,1H3,(H,26,28,30). The summed E-state index contributed by atoms with van der Waals surface area (Å²) in [4.78, 5) is 32.6. The number of hydrogen-bond acceptors (Lipinski definition) is 5. The number of nitrogens with one attached hydrogen (secondary N) is 1. The van der Waals surface area contributed by atoms with Crippen molar-refractivity contribution in [2.24, 2.45) is 5.18 Å². The van der Waals surface area contributed by atoms with E-state index in [4.69, 9.17) is 4.98 Å². The number of anilines is 1. The molecule has 1 aromatic heterocycles. The summed E-state index contributed by atoms with van der Waals surface area (Å²) in [6.45, 7) is 2.01. The second-order valence-corrected chi connectivity index (χ2v) is 7.17. The first-order valence-corrected chi connectivity index (χ1v) is 9.84. The van der Waals surface area contributed by atoms with E-state index in [-0.39, 0.29) is 12.3 Å². The minimum absolute atomic E-state index is 0.163. The summed E-state index contributed by atoms with van der Waals surface area (Å²) < 4.78 is 0. The van der Waals surface area contributed by atoms with E-state index in [0.29, 0.717) is 22.9 Å². The SMILES string of the molecule is Cc1ccc(CC(=O)Nc2ncc(-c3ccc(N=O)cc3)nc2-c2ccccc2)cc1. The zero-order valence-corrected chi connectivity index (χ0v) is 16.9. The van der Waals surface area contributed by atoms with Crippen LogP contribution in [0, 0.1) is 11.8 Å². The van der Waals surface area contributed by atoms with Crippen molar-refractivity contribution in [3.8, 4) is 22.5 Å². The first-order chi connectivity index (χ1) is 15.1. The van der Waals surface area contributed by atoms with Crippen molar-refractivity contribution in [2.75, 3.05) is 5.32 Å². The number of carbonyl (C=O) groups excluding carboxylic acids is 1. The van der Waals surface area contributed by atoms with E-state index in [0.717, 1.165) is 22.3 Å². The number of nitrogens with zero attached hydrogens (tertiary/aromatic N) is 3. The number of rotatable bonds is 6. The lowest BCUT2D eigenvalue weighted by atomic mass is 10.1. The molecule has 31 heavy (non-hydrogen) atoms. The predicted molar refractivity (Wildman–Crippen MR) is 122 cm³/mol. The second kappa shape index (κ2) is 9.09. The highest BCUT2D eigenvalue weighted by Crippen LogP contribution is 2.28. The quantitative estimate of drug-likeness (QED) is 0.415. The van der Waals surface area contributed by atoms with Gasteiger partial charge in [0.05, 0.1) is 18.3 Å². The van der Waals surface area contributed by atoms with Crippen molar-refractivity contribution in [3.05, 3.63) is 101 Å². The van der Waals surface area contributed by atoms with Crippen LogP contribution in [0.1, 0.15) is 11.1 Å². The van der Waals surface area contributed by atoms with E-state index >= 15 is 0 Å². The summed E-state index contributed by atoms with van der Waals surface area (Å²) in [5.41, 5.74) is 5.27. The number of aromatic nitrogens is 2. The van der Waals surface area contributed by atoms with Crippen LogP contribution in [0.4, 0.5) is 11.5 Å². The van der Waals surface area contributed by atoms with Gasteiger partial charge in [-0.1, -0.05) is 72.3 Å². The monoisotopic (exact) mass is 408 g/mol. The molecule has 0 spiro atoms. The van der Waals surface area contributed by atoms with Crippen LogP contribution in [-0.2, 0) is 11.2 Å². The molecule has 0 saturated carbocycles. The molecule has 1 heterocycles. The van der Waals surface area contributed by atoms with E-state index in [1.165, 1.54) is 0 Å². The van der Waals surface area contributed by atoms with Gasteiger partial charge in [-0.2, -0.15) is 0 Å². The fourth-order valence-corrected chi connectivity index (χ4v) is 3.18. The second-order valence-electron chi connectivity index (χ2n) is 7.17. The summed E-state index contributed by atoms with van der Waals surface area (Å²) in [5.74, 6) is 0.239. The maximum Gasteiger partial charge on any atom is 0.230 e. The normalized spacial score (nSPS) is 10.5. The Bertz CT molecular complexity index is 1200. The Balaban J connectivity index is 1.65. The summed E-state index contributed by atoms with van der Waals surface area (Å²) in [6, 6.07) is 24.2. The molecule has 0 radical (unpaired) electrons. The Morgan fingerprint density at radius 2 is 1.61 bits per heavy atom. The summed E-state index contributed by atoms with van der Waals surface area (Å²) in [5, 5.41) is 5.82. The van der Waals surface area contributed by atoms with Crippen molar-refractivity contribution < 1.29 is 4.79 Å². The number of hydrogen-bond donors (Lipinski definition) is 1. The minimum Gasteiger partial charge on any atom is -0.309 e. The molecule has 0 saturated heterocycles. The molecule has 1 amide bonds. The van der Waals surface area contributed by atoms with Crippen LogP contribution in [0.3, 0.4) is 0 Å². The molecule has 0 atom stereocenters. The molecule has 0 fully saturated rings. The zero-order valence-electron chi connectivity index (χ0n) is 16.9. The molecular formula is C25H20N4O2. The van der Waals surface area contributed by atoms with Gasteiger partial charge in [-0.25, -0.2) is 9.97 Å². The molecule has 0 aliphatic carbocycles. The topological polar surface area (TPSA) is 84.3 Å². The number of carbonyl (C=O) groups is 1. The van der Waals surface area contributed by atoms with Gasteiger partial charge in [0.15, 0.2) is 5.82 Å². The van der Waals surface area contributed by atoms with Gasteiger partial charge in [-0.15, -0.1) is 4.91 Å². The van der Waals surface area contributed by atoms with Crippen molar-refractivity contribution in [3.63, 3.8) is 0 Å². The van der Waals surface area contributed by atoms with Gasteiger partial charge in [-0.3, -0.25) is 4.79 Å². The Morgan fingerprint density at radius 1 is 0.903 bits per heavy atom. The molecule has 0 unspecified atom stereocenters. The average molecular weight is 408 g/mol. The molecule has 6 heteroatoms. The lowest BCUT2D eigenvalue weighted by molar-refractivity contribution is -0.115. The van der Waals surface area contributed by atoms with E-state index in [1.54, 1.807) is 30.5 Å². The Kier molecular flexibility index (Phi) is 5.89. The maximum atomic E-state index is 12.7. The molecule has 3 aromatic carbocycles. The van der Waals surface area contributed by atoms with Gasteiger partial charge in [0, 0.05) is 11.1 Å². The lowest BCUT2D eigenvalue weighted by Crippen LogP contribution is -2.16. The number of amides is 1. The van der Waals surface area contributed by atoms with Crippen molar-refractivity contribution in [1.82, 2.24) is 9.97 Å². The van der Waals surface area contributed by atoms with Crippen molar-refractivity contribution in [2.45, 2.75) is 13.3 Å². The maximum absolute atomic E-state index is 12.7. The third kappa shape index (κ3) is 4.87. The van der Waals surface area contributed by atoms with Gasteiger partial charge < -0.3 is 5.32 Å². The number of nitroso groups, excluding NO2 is 1. The Hall–Kier alpha value is -4.19. The highest BCUT2D eigenvalue weighted by molar-refractivity contribution is 5.94. The molecule has 4 aromatic rings. The van der Waals surface area contributed by atoms with Gasteiger partial charge in [0.2, 0.25) is 5.91 Å². The number of benzene rings is 3. The van der Waals surface area contributed by atoms with Crippen molar-refractivity contribution >= 4 is 17.4 Å². The number of aryl methyl sites for hydroxylation is 1. The van der Waals surface area contributed by atoms with Crippen molar-refractivity contribution in [1.29, 1.82) is 0 Å². The van der Waals surface area contributed by atoms with Crippen LogP contribution in [0.15, 0.2) is 90.2 Å². The van der Waals surface area contributed by atoms with Crippen LogP contribution in [0.2, 0.25) is 0 Å². The smallest absolute Gasteiger partial charge is 0.230 e. The summed E-state index contributed by atoms with van der Waals surface area (Å²) in [6.07, 6.45) is 1.86. The molecular weight excluding hydrogens is 388 g/mol. The van der Waals surface area contributed by atoms with Gasteiger partial charge in [0.1, 0.15) is 11.4 Å². The largest absolute Gasteiger partial charge is 0.309 e.